The lowest BCUT2D eigenvalue weighted by Gasteiger charge is -1.98. The van der Waals surface area contributed by atoms with Crippen molar-refractivity contribution in [3.8, 4) is 11.3 Å². The van der Waals surface area contributed by atoms with E-state index in [1.807, 2.05) is 12.1 Å². The van der Waals surface area contributed by atoms with Crippen LogP contribution in [0.5, 0.6) is 0 Å². The number of aromatic nitrogens is 3. The van der Waals surface area contributed by atoms with Gasteiger partial charge in [-0.2, -0.15) is 0 Å². The summed E-state index contributed by atoms with van der Waals surface area (Å²) >= 11 is 0. The van der Waals surface area contributed by atoms with Crippen molar-refractivity contribution in [3.05, 3.63) is 30.4 Å². The lowest BCUT2D eigenvalue weighted by Crippen LogP contribution is -2.13. The summed E-state index contributed by atoms with van der Waals surface area (Å²) in [5.41, 5.74) is 7.33. The fourth-order valence-electron chi connectivity index (χ4n) is 1.28. The molecule has 0 saturated heterocycles. The average molecular weight is 189 g/mol. The molecule has 4 N–H and O–H groups in total. The quantitative estimate of drug-likeness (QED) is 0.642. The third-order valence-corrected chi connectivity index (χ3v) is 2.06. The highest BCUT2D eigenvalue weighted by Gasteiger charge is 2.11. The van der Waals surface area contributed by atoms with E-state index in [2.05, 4.69) is 9.97 Å². The van der Waals surface area contributed by atoms with E-state index in [-0.39, 0.29) is 0 Å². The van der Waals surface area contributed by atoms with Gasteiger partial charge in [0.25, 0.3) is 0 Å². The van der Waals surface area contributed by atoms with Crippen molar-refractivity contribution in [2.45, 2.75) is 6.92 Å². The first kappa shape index (κ1) is 8.55. The monoisotopic (exact) mass is 189 g/mol. The van der Waals surface area contributed by atoms with Crippen molar-refractivity contribution >= 4 is 5.82 Å². The van der Waals surface area contributed by atoms with Crippen LogP contribution in [0.1, 0.15) is 5.82 Å². The molecule has 0 bridgehead atoms. The molecule has 5 nitrogen and oxygen atoms in total. The summed E-state index contributed by atoms with van der Waals surface area (Å²) in [5, 5.41) is 0. The average Bonchev–Trinajstić information content (AvgIpc) is 2.47. The molecule has 2 heterocycles. The van der Waals surface area contributed by atoms with Crippen LogP contribution < -0.4 is 11.6 Å². The molecule has 0 fully saturated rings. The topological polar surface area (TPSA) is 82.8 Å². The van der Waals surface area contributed by atoms with E-state index in [1.54, 1.807) is 19.3 Å². The number of nitrogens with zero attached hydrogens (tertiary/aromatic N) is 3. The van der Waals surface area contributed by atoms with Crippen LogP contribution in [0.2, 0.25) is 0 Å². The number of aryl methyl sites for hydroxylation is 1. The van der Waals surface area contributed by atoms with Gasteiger partial charge in [0, 0.05) is 18.0 Å². The van der Waals surface area contributed by atoms with Gasteiger partial charge in [0.2, 0.25) is 0 Å². The molecule has 0 saturated carbocycles. The van der Waals surface area contributed by atoms with Gasteiger partial charge in [-0.1, -0.05) is 0 Å². The van der Waals surface area contributed by atoms with Gasteiger partial charge in [0.05, 0.1) is 0 Å². The highest BCUT2D eigenvalue weighted by molar-refractivity contribution is 5.70. The van der Waals surface area contributed by atoms with Crippen LogP contribution in [-0.2, 0) is 0 Å². The fraction of sp³-hybridized carbons (Fsp3) is 0.111. The molecule has 0 aliphatic carbocycles. The molecule has 0 spiro atoms. The molecule has 0 aromatic carbocycles. The van der Waals surface area contributed by atoms with Crippen molar-refractivity contribution in [2.24, 2.45) is 0 Å². The largest absolute Gasteiger partial charge is 0.382 e. The van der Waals surface area contributed by atoms with Gasteiger partial charge in [0.1, 0.15) is 11.5 Å². The lowest BCUT2D eigenvalue weighted by molar-refractivity contribution is 0.937. The number of imidazole rings is 1. The van der Waals surface area contributed by atoms with Crippen LogP contribution in [0.25, 0.3) is 11.3 Å². The molecule has 2 rings (SSSR count). The second-order valence-corrected chi connectivity index (χ2v) is 3.00. The van der Waals surface area contributed by atoms with Crippen molar-refractivity contribution in [1.82, 2.24) is 14.6 Å². The Labute approximate surface area is 81.4 Å². The van der Waals surface area contributed by atoms with Crippen molar-refractivity contribution in [1.29, 1.82) is 0 Å². The highest BCUT2D eigenvalue weighted by atomic mass is 15.4. The molecule has 5 heteroatoms. The maximum Gasteiger partial charge on any atom is 0.150 e. The van der Waals surface area contributed by atoms with E-state index in [0.717, 1.165) is 5.56 Å². The standard InChI is InChI=1S/C9H11N5/c1-6-13-8(9(10)14(6)11)7-3-2-4-12-5-7/h2-5H,10-11H2,1H3. The predicted molar refractivity (Wildman–Crippen MR) is 54.8 cm³/mol. The zero-order valence-electron chi connectivity index (χ0n) is 7.81. The molecule has 0 radical (unpaired) electrons. The van der Waals surface area contributed by atoms with Gasteiger partial charge in [0.15, 0.2) is 5.82 Å². The van der Waals surface area contributed by atoms with Gasteiger partial charge in [-0.05, 0) is 19.1 Å². The van der Waals surface area contributed by atoms with Crippen LogP contribution in [0, 0.1) is 6.92 Å². The first-order valence-corrected chi connectivity index (χ1v) is 4.20. The van der Waals surface area contributed by atoms with E-state index >= 15 is 0 Å². The number of hydrogen-bond acceptors (Lipinski definition) is 4. The molecular formula is C9H11N5. The molecular weight excluding hydrogens is 178 g/mol. The Morgan fingerprint density at radius 1 is 1.43 bits per heavy atom. The first-order valence-electron chi connectivity index (χ1n) is 4.20. The van der Waals surface area contributed by atoms with E-state index < -0.39 is 0 Å². The summed E-state index contributed by atoms with van der Waals surface area (Å²) in [4.78, 5) is 8.25. The van der Waals surface area contributed by atoms with Crippen molar-refractivity contribution in [2.75, 3.05) is 11.6 Å². The summed E-state index contributed by atoms with van der Waals surface area (Å²) in [5.74, 6) is 6.78. The molecule has 2 aromatic rings. The Kier molecular flexibility index (Phi) is 1.85. The van der Waals surface area contributed by atoms with Crippen LogP contribution in [0.15, 0.2) is 24.5 Å². The Morgan fingerprint density at radius 2 is 2.21 bits per heavy atom. The molecule has 0 unspecified atom stereocenters. The van der Waals surface area contributed by atoms with Crippen LogP contribution in [-0.4, -0.2) is 14.6 Å². The molecule has 0 aliphatic rings. The maximum atomic E-state index is 5.78. The third-order valence-electron chi connectivity index (χ3n) is 2.06. The third kappa shape index (κ3) is 1.19. The summed E-state index contributed by atoms with van der Waals surface area (Å²) in [7, 11) is 0. The molecule has 0 aliphatic heterocycles. The van der Waals surface area contributed by atoms with Gasteiger partial charge >= 0.3 is 0 Å². The Balaban J connectivity index is 2.58. The van der Waals surface area contributed by atoms with Crippen molar-refractivity contribution < 1.29 is 0 Å². The van der Waals surface area contributed by atoms with Crippen molar-refractivity contribution in [3.63, 3.8) is 0 Å². The second kappa shape index (κ2) is 3.02. The number of nitrogens with two attached hydrogens (primary N) is 2. The highest BCUT2D eigenvalue weighted by Crippen LogP contribution is 2.23. The number of pyridine rings is 1. The first-order chi connectivity index (χ1) is 6.70. The van der Waals surface area contributed by atoms with E-state index in [4.69, 9.17) is 11.6 Å². The molecule has 14 heavy (non-hydrogen) atoms. The summed E-state index contributed by atoms with van der Waals surface area (Å²) in [6, 6.07) is 3.73. The lowest BCUT2D eigenvalue weighted by atomic mass is 10.2. The predicted octanol–water partition coefficient (Wildman–Crippen LogP) is 0.550. The van der Waals surface area contributed by atoms with Gasteiger partial charge in [-0.25, -0.2) is 9.66 Å². The van der Waals surface area contributed by atoms with Gasteiger partial charge in [-0.15, -0.1) is 0 Å². The normalized spacial score (nSPS) is 10.4. The SMILES string of the molecule is Cc1nc(-c2cccnc2)c(N)n1N. The number of anilines is 1. The molecule has 72 valence electrons. The number of hydrogen-bond donors (Lipinski definition) is 2. The Bertz CT molecular complexity index is 446. The zero-order valence-corrected chi connectivity index (χ0v) is 7.81. The Morgan fingerprint density at radius 3 is 2.71 bits per heavy atom. The minimum absolute atomic E-state index is 0.454. The van der Waals surface area contributed by atoms with Crippen LogP contribution >= 0.6 is 0 Å². The Hall–Kier alpha value is -2.04. The molecule has 0 atom stereocenters. The minimum atomic E-state index is 0.454. The van der Waals surface area contributed by atoms with Crippen LogP contribution in [0.4, 0.5) is 5.82 Å². The van der Waals surface area contributed by atoms with Gasteiger partial charge in [-0.3, -0.25) is 4.98 Å². The summed E-state index contributed by atoms with van der Waals surface area (Å²) in [6.45, 7) is 1.80. The number of rotatable bonds is 1. The maximum absolute atomic E-state index is 5.78. The number of nitrogen functional groups attached to an aromatic ring is 2. The van der Waals surface area contributed by atoms with Crippen LogP contribution in [0.3, 0.4) is 0 Å². The smallest absolute Gasteiger partial charge is 0.150 e. The fourth-order valence-corrected chi connectivity index (χ4v) is 1.28. The minimum Gasteiger partial charge on any atom is -0.382 e. The van der Waals surface area contributed by atoms with E-state index in [9.17, 15) is 0 Å². The van der Waals surface area contributed by atoms with Gasteiger partial charge < -0.3 is 11.6 Å². The zero-order chi connectivity index (χ0) is 10.1. The van der Waals surface area contributed by atoms with E-state index in [1.165, 1.54) is 4.68 Å². The molecule has 2 aromatic heterocycles. The second-order valence-electron chi connectivity index (χ2n) is 3.00. The van der Waals surface area contributed by atoms with E-state index in [0.29, 0.717) is 17.3 Å². The molecule has 0 amide bonds. The summed E-state index contributed by atoms with van der Waals surface area (Å²) in [6.07, 6.45) is 3.41. The summed E-state index contributed by atoms with van der Waals surface area (Å²) < 4.78 is 1.36.